The Balaban J connectivity index is 1.51. The molecule has 0 fully saturated rings. The molecule has 0 radical (unpaired) electrons. The number of ether oxygens (including phenoxy) is 1. The van der Waals surface area contributed by atoms with Crippen LogP contribution in [0.3, 0.4) is 0 Å². The van der Waals surface area contributed by atoms with E-state index in [1.54, 1.807) is 66.7 Å². The summed E-state index contributed by atoms with van der Waals surface area (Å²) in [5, 5.41) is 13.2. The van der Waals surface area contributed by atoms with Crippen molar-refractivity contribution < 1.29 is 14.3 Å². The SMILES string of the molecule is C=CC(=O)Nc1cccc(-n2c(=O)c(Oc3cccc4c3C(=O)NC4)cc3cnc(Nc4cnn(C)c4)nc32)c1. The lowest BCUT2D eigenvalue weighted by molar-refractivity contribution is -0.111. The van der Waals surface area contributed by atoms with Gasteiger partial charge in [-0.15, -0.1) is 0 Å². The van der Waals surface area contributed by atoms with E-state index in [9.17, 15) is 14.4 Å². The first kappa shape index (κ1) is 24.6. The highest BCUT2D eigenvalue weighted by molar-refractivity contribution is 6.01. The van der Waals surface area contributed by atoms with E-state index in [2.05, 4.69) is 37.6 Å². The number of anilines is 3. The quantitative estimate of drug-likeness (QED) is 0.269. The number of nitrogens with one attached hydrogen (secondary N) is 3. The van der Waals surface area contributed by atoms with Gasteiger partial charge in [0.05, 0.1) is 23.1 Å². The molecule has 0 saturated heterocycles. The number of carbonyl (C=O) groups excluding carboxylic acids is 2. The molecule has 0 atom stereocenters. The predicted molar refractivity (Wildman–Crippen MR) is 148 cm³/mol. The molecule has 3 aromatic heterocycles. The van der Waals surface area contributed by atoms with E-state index in [0.717, 1.165) is 11.6 Å². The Morgan fingerprint density at radius 2 is 1.95 bits per heavy atom. The van der Waals surface area contributed by atoms with Gasteiger partial charge in [-0.1, -0.05) is 24.8 Å². The number of rotatable bonds is 7. The minimum absolute atomic E-state index is 0.0299. The number of nitrogens with zero attached hydrogens (tertiary/aromatic N) is 5. The number of fused-ring (bicyclic) bond motifs is 2. The molecule has 0 aliphatic carbocycles. The van der Waals surface area contributed by atoms with Crippen LogP contribution in [0.15, 0.2) is 84.6 Å². The number of benzene rings is 2. The summed E-state index contributed by atoms with van der Waals surface area (Å²) in [6.07, 6.45) is 6.10. The molecule has 1 aliphatic heterocycles. The highest BCUT2D eigenvalue weighted by Crippen LogP contribution is 2.31. The van der Waals surface area contributed by atoms with Crippen LogP contribution in [0.1, 0.15) is 15.9 Å². The molecule has 12 heteroatoms. The van der Waals surface area contributed by atoms with Gasteiger partial charge < -0.3 is 20.7 Å². The number of pyridine rings is 1. The van der Waals surface area contributed by atoms with Crippen LogP contribution in [0.25, 0.3) is 16.7 Å². The summed E-state index contributed by atoms with van der Waals surface area (Å²) in [7, 11) is 1.79. The van der Waals surface area contributed by atoms with Gasteiger partial charge in [-0.25, -0.2) is 4.98 Å². The lowest BCUT2D eigenvalue weighted by atomic mass is 10.1. The molecule has 6 rings (SSSR count). The first-order valence-corrected chi connectivity index (χ1v) is 12.2. The molecular weight excluding hydrogens is 512 g/mol. The van der Waals surface area contributed by atoms with Crippen LogP contribution in [0.4, 0.5) is 17.3 Å². The van der Waals surface area contributed by atoms with Gasteiger partial charge in [0.1, 0.15) is 5.75 Å². The van der Waals surface area contributed by atoms with Crippen molar-refractivity contribution in [2.75, 3.05) is 10.6 Å². The summed E-state index contributed by atoms with van der Waals surface area (Å²) in [6.45, 7) is 3.86. The van der Waals surface area contributed by atoms with Gasteiger partial charge in [-0.05, 0) is 42.0 Å². The number of aromatic nitrogens is 5. The van der Waals surface area contributed by atoms with Crippen molar-refractivity contribution in [1.29, 1.82) is 0 Å². The summed E-state index contributed by atoms with van der Waals surface area (Å²) in [4.78, 5) is 47.4. The highest BCUT2D eigenvalue weighted by atomic mass is 16.5. The van der Waals surface area contributed by atoms with Crippen LogP contribution in [0.5, 0.6) is 11.5 Å². The van der Waals surface area contributed by atoms with Crippen LogP contribution in [0.2, 0.25) is 0 Å². The summed E-state index contributed by atoms with van der Waals surface area (Å²) in [5.41, 5.74) is 2.47. The second-order valence-electron chi connectivity index (χ2n) is 8.97. The van der Waals surface area contributed by atoms with Gasteiger partial charge in [0.25, 0.3) is 11.5 Å². The van der Waals surface area contributed by atoms with E-state index in [-0.39, 0.29) is 23.4 Å². The zero-order valence-corrected chi connectivity index (χ0v) is 21.2. The maximum atomic E-state index is 14.0. The van der Waals surface area contributed by atoms with Crippen LogP contribution < -0.4 is 26.2 Å². The number of aryl methyl sites for hydroxylation is 1. The fourth-order valence-corrected chi connectivity index (χ4v) is 4.43. The maximum absolute atomic E-state index is 14.0. The summed E-state index contributed by atoms with van der Waals surface area (Å²) >= 11 is 0. The second kappa shape index (κ2) is 9.83. The topological polar surface area (TPSA) is 145 Å². The van der Waals surface area contributed by atoms with Gasteiger partial charge in [0.15, 0.2) is 11.4 Å². The van der Waals surface area contributed by atoms with Crippen LogP contribution in [0, 0.1) is 0 Å². The zero-order chi connectivity index (χ0) is 27.8. The van der Waals surface area contributed by atoms with E-state index < -0.39 is 11.5 Å². The zero-order valence-electron chi connectivity index (χ0n) is 21.2. The van der Waals surface area contributed by atoms with E-state index in [4.69, 9.17) is 4.74 Å². The molecule has 198 valence electrons. The molecule has 0 unspecified atom stereocenters. The molecular formula is C28H22N8O4. The normalized spacial score (nSPS) is 12.1. The van der Waals surface area contributed by atoms with Crippen molar-refractivity contribution in [3.8, 4) is 17.2 Å². The third-order valence-corrected chi connectivity index (χ3v) is 6.23. The average molecular weight is 535 g/mol. The number of carbonyl (C=O) groups is 2. The number of amides is 2. The average Bonchev–Trinajstić information content (AvgIpc) is 3.54. The second-order valence-corrected chi connectivity index (χ2v) is 8.97. The lowest BCUT2D eigenvalue weighted by Crippen LogP contribution is -2.22. The largest absolute Gasteiger partial charge is 0.451 e. The van der Waals surface area contributed by atoms with Gasteiger partial charge >= 0.3 is 0 Å². The minimum atomic E-state index is -0.526. The van der Waals surface area contributed by atoms with Crippen molar-refractivity contribution >= 4 is 40.2 Å². The fraction of sp³-hybridized carbons (Fsp3) is 0.0714. The molecule has 2 amide bonds. The summed E-state index contributed by atoms with van der Waals surface area (Å²) < 4.78 is 9.07. The van der Waals surface area contributed by atoms with Crippen molar-refractivity contribution in [2.45, 2.75) is 6.54 Å². The monoisotopic (exact) mass is 534 g/mol. The standard InChI is InChI=1S/C28H22N8O4/c1-3-23(37)32-18-7-5-8-20(11-18)36-25-17(13-30-28(34-25)33-19-14-31-35(2)15-19)10-22(27(36)39)40-21-9-4-6-16-12-29-26(38)24(16)21/h3-11,13-15H,1,12H2,2H3,(H,29,38)(H,32,37)(H,30,33,34). The third kappa shape index (κ3) is 4.53. The molecule has 2 aromatic carbocycles. The molecule has 1 aliphatic rings. The Morgan fingerprint density at radius 3 is 2.75 bits per heavy atom. The van der Waals surface area contributed by atoms with E-state index >= 15 is 0 Å². The molecule has 4 heterocycles. The highest BCUT2D eigenvalue weighted by Gasteiger charge is 2.25. The number of hydrogen-bond acceptors (Lipinski definition) is 8. The Bertz CT molecular complexity index is 1890. The summed E-state index contributed by atoms with van der Waals surface area (Å²) in [5.74, 6) is -0.188. The molecule has 12 nitrogen and oxygen atoms in total. The van der Waals surface area contributed by atoms with Gasteiger partial charge in [-0.2, -0.15) is 10.1 Å². The summed E-state index contributed by atoms with van der Waals surface area (Å²) in [6, 6.07) is 13.5. The fourth-order valence-electron chi connectivity index (χ4n) is 4.43. The molecule has 0 spiro atoms. The van der Waals surface area contributed by atoms with E-state index in [0.29, 0.717) is 40.2 Å². The van der Waals surface area contributed by atoms with E-state index in [1.807, 2.05) is 6.07 Å². The van der Waals surface area contributed by atoms with Gasteiger partial charge in [-0.3, -0.25) is 23.6 Å². The van der Waals surface area contributed by atoms with Crippen LogP contribution in [-0.4, -0.2) is 36.1 Å². The molecule has 0 saturated carbocycles. The minimum Gasteiger partial charge on any atom is -0.451 e. The van der Waals surface area contributed by atoms with Gasteiger partial charge in [0, 0.05) is 37.1 Å². The van der Waals surface area contributed by atoms with E-state index in [1.165, 1.54) is 10.6 Å². The van der Waals surface area contributed by atoms with Crippen molar-refractivity contribution in [2.24, 2.45) is 7.05 Å². The van der Waals surface area contributed by atoms with Crippen LogP contribution >= 0.6 is 0 Å². The Labute approximate surface area is 227 Å². The third-order valence-electron chi connectivity index (χ3n) is 6.23. The van der Waals surface area contributed by atoms with Crippen molar-refractivity contribution in [1.82, 2.24) is 29.6 Å². The molecule has 5 aromatic rings. The lowest BCUT2D eigenvalue weighted by Gasteiger charge is -2.15. The Morgan fingerprint density at radius 1 is 1.10 bits per heavy atom. The first-order valence-electron chi connectivity index (χ1n) is 12.2. The molecule has 0 bridgehead atoms. The first-order chi connectivity index (χ1) is 19.4. The van der Waals surface area contributed by atoms with Crippen molar-refractivity contribution in [3.63, 3.8) is 0 Å². The van der Waals surface area contributed by atoms with Crippen molar-refractivity contribution in [3.05, 3.63) is 101 Å². The van der Waals surface area contributed by atoms with Crippen LogP contribution in [-0.2, 0) is 18.4 Å². The Hall–Kier alpha value is -5.78. The van der Waals surface area contributed by atoms with Gasteiger partial charge in [0.2, 0.25) is 11.9 Å². The number of hydrogen-bond donors (Lipinski definition) is 3. The smallest absolute Gasteiger partial charge is 0.299 e. The maximum Gasteiger partial charge on any atom is 0.299 e. The molecule has 3 N–H and O–H groups in total. The predicted octanol–water partition coefficient (Wildman–Crippen LogP) is 3.42. The Kier molecular flexibility index (Phi) is 6.04. The molecule has 40 heavy (non-hydrogen) atoms.